The van der Waals surface area contributed by atoms with Gasteiger partial charge in [0.1, 0.15) is 0 Å². The number of rotatable bonds is 8. The molecular formula is C52H36N2S. The highest BCUT2D eigenvalue weighted by Crippen LogP contribution is 2.49. The summed E-state index contributed by atoms with van der Waals surface area (Å²) in [6, 6.07) is 78.8. The van der Waals surface area contributed by atoms with Crippen LogP contribution in [0.1, 0.15) is 0 Å². The lowest BCUT2D eigenvalue weighted by Gasteiger charge is -2.30. The molecule has 0 aliphatic rings. The van der Waals surface area contributed by atoms with Gasteiger partial charge in [-0.1, -0.05) is 146 Å². The van der Waals surface area contributed by atoms with Gasteiger partial charge in [0, 0.05) is 48.6 Å². The Kier molecular flexibility index (Phi) is 8.40. The average molecular weight is 721 g/mol. The van der Waals surface area contributed by atoms with Crippen molar-refractivity contribution in [2.45, 2.75) is 0 Å². The van der Waals surface area contributed by atoms with Crippen LogP contribution in [-0.4, -0.2) is 0 Å². The molecule has 0 bridgehead atoms. The van der Waals surface area contributed by atoms with Crippen molar-refractivity contribution < 1.29 is 0 Å². The first-order chi connectivity index (χ1) is 27.3. The number of hydrogen-bond acceptors (Lipinski definition) is 3. The minimum atomic E-state index is 1.10. The Bertz CT molecular complexity index is 2850. The Labute approximate surface area is 325 Å². The summed E-state index contributed by atoms with van der Waals surface area (Å²) < 4.78 is 2.52. The molecule has 9 aromatic carbocycles. The number of nitrogens with zero attached hydrogens (tertiary/aromatic N) is 2. The molecule has 0 saturated heterocycles. The smallest absolute Gasteiger partial charge is 0.0575 e. The van der Waals surface area contributed by atoms with Gasteiger partial charge in [0.05, 0.1) is 5.69 Å². The van der Waals surface area contributed by atoms with E-state index in [-0.39, 0.29) is 0 Å². The molecular weight excluding hydrogens is 685 g/mol. The van der Waals surface area contributed by atoms with Gasteiger partial charge in [-0.3, -0.25) is 0 Å². The van der Waals surface area contributed by atoms with Crippen molar-refractivity contribution in [1.82, 2.24) is 0 Å². The molecule has 0 saturated carbocycles. The first kappa shape index (κ1) is 32.7. The Morgan fingerprint density at radius 3 is 1.25 bits per heavy atom. The van der Waals surface area contributed by atoms with Crippen LogP contribution >= 0.6 is 11.3 Å². The second kappa shape index (κ2) is 14.1. The minimum Gasteiger partial charge on any atom is -0.310 e. The molecule has 55 heavy (non-hydrogen) atoms. The zero-order chi connectivity index (χ0) is 36.6. The van der Waals surface area contributed by atoms with Crippen molar-refractivity contribution in [3.05, 3.63) is 218 Å². The molecule has 2 nitrogen and oxygen atoms in total. The number of benzene rings is 9. The van der Waals surface area contributed by atoms with Crippen molar-refractivity contribution in [3.63, 3.8) is 0 Å². The molecule has 10 rings (SSSR count). The lowest BCUT2D eigenvalue weighted by Crippen LogP contribution is -2.13. The topological polar surface area (TPSA) is 6.48 Å². The monoisotopic (exact) mass is 720 g/mol. The van der Waals surface area contributed by atoms with Crippen molar-refractivity contribution in [3.8, 4) is 22.3 Å². The Morgan fingerprint density at radius 2 is 0.709 bits per heavy atom. The largest absolute Gasteiger partial charge is 0.310 e. The Hall–Kier alpha value is -6.94. The standard InChI is InChI=1S/C52H36N2S/c1-5-15-37(16-6-1)38-25-27-39(28-26-38)40-29-31-46(32-30-40)54(45-23-11-4-12-24-45)49-35-47(53(43-19-7-2-8-20-43)44-21-9-3-10-22-44)36-51-52(49)48-33-41-17-13-14-18-42(41)34-50(48)55-51/h1-36H. The molecule has 0 aliphatic heterocycles. The Morgan fingerprint density at radius 1 is 0.291 bits per heavy atom. The van der Waals surface area contributed by atoms with Gasteiger partial charge < -0.3 is 9.80 Å². The molecule has 0 N–H and O–H groups in total. The number of para-hydroxylation sites is 3. The van der Waals surface area contributed by atoms with Crippen molar-refractivity contribution >= 4 is 76.4 Å². The average Bonchev–Trinajstić information content (AvgIpc) is 3.62. The van der Waals surface area contributed by atoms with Crippen molar-refractivity contribution in [2.24, 2.45) is 0 Å². The van der Waals surface area contributed by atoms with Crippen LogP contribution in [0, 0.1) is 0 Å². The predicted molar refractivity (Wildman–Crippen MR) is 237 cm³/mol. The number of hydrogen-bond donors (Lipinski definition) is 0. The predicted octanol–water partition coefficient (Wildman–Crippen LogP) is 15.5. The molecule has 1 heterocycles. The summed E-state index contributed by atoms with van der Waals surface area (Å²) >= 11 is 1.87. The highest BCUT2D eigenvalue weighted by atomic mass is 32.1. The molecule has 0 atom stereocenters. The minimum absolute atomic E-state index is 1.10. The normalized spacial score (nSPS) is 11.3. The van der Waals surface area contributed by atoms with E-state index in [1.807, 2.05) is 11.3 Å². The van der Waals surface area contributed by atoms with Crippen molar-refractivity contribution in [1.29, 1.82) is 0 Å². The zero-order valence-corrected chi connectivity index (χ0v) is 30.9. The van der Waals surface area contributed by atoms with E-state index in [9.17, 15) is 0 Å². The van der Waals surface area contributed by atoms with Gasteiger partial charge in [-0.2, -0.15) is 0 Å². The van der Waals surface area contributed by atoms with Crippen LogP contribution in [0.25, 0.3) is 53.2 Å². The lowest BCUT2D eigenvalue weighted by atomic mass is 10.00. The molecule has 10 aromatic rings. The van der Waals surface area contributed by atoms with Crippen LogP contribution in [0.15, 0.2) is 218 Å². The highest BCUT2D eigenvalue weighted by molar-refractivity contribution is 7.26. The van der Waals surface area contributed by atoms with E-state index >= 15 is 0 Å². The number of thiophene rings is 1. The molecule has 3 heteroatoms. The van der Waals surface area contributed by atoms with Gasteiger partial charge in [0.25, 0.3) is 0 Å². The molecule has 0 fully saturated rings. The van der Waals surface area contributed by atoms with Gasteiger partial charge >= 0.3 is 0 Å². The maximum atomic E-state index is 2.43. The first-order valence-electron chi connectivity index (χ1n) is 18.7. The maximum absolute atomic E-state index is 2.43. The third-order valence-corrected chi connectivity index (χ3v) is 11.5. The summed E-state index contributed by atoms with van der Waals surface area (Å²) in [7, 11) is 0. The van der Waals surface area contributed by atoms with Gasteiger partial charge in [-0.25, -0.2) is 0 Å². The van der Waals surface area contributed by atoms with Gasteiger partial charge in [0.2, 0.25) is 0 Å². The fraction of sp³-hybridized carbons (Fsp3) is 0. The van der Waals surface area contributed by atoms with Crippen LogP contribution in [0.3, 0.4) is 0 Å². The first-order valence-corrected chi connectivity index (χ1v) is 19.5. The number of anilines is 6. The van der Waals surface area contributed by atoms with Gasteiger partial charge in [0.15, 0.2) is 0 Å². The molecule has 0 radical (unpaired) electrons. The van der Waals surface area contributed by atoms with E-state index < -0.39 is 0 Å². The van der Waals surface area contributed by atoms with Crippen LogP contribution in [0.2, 0.25) is 0 Å². The van der Waals surface area contributed by atoms with Crippen LogP contribution in [0.4, 0.5) is 34.1 Å². The summed E-state index contributed by atoms with van der Waals surface area (Å²) in [6.45, 7) is 0. The Balaban J connectivity index is 1.18. The van der Waals surface area contributed by atoms with Crippen LogP contribution < -0.4 is 9.80 Å². The number of fused-ring (bicyclic) bond motifs is 4. The summed E-state index contributed by atoms with van der Waals surface area (Å²) in [5, 5.41) is 5.02. The van der Waals surface area contributed by atoms with E-state index in [1.54, 1.807) is 0 Å². The second-order valence-electron chi connectivity index (χ2n) is 13.8. The van der Waals surface area contributed by atoms with Crippen LogP contribution in [-0.2, 0) is 0 Å². The van der Waals surface area contributed by atoms with Crippen LogP contribution in [0.5, 0.6) is 0 Å². The summed E-state index contributed by atoms with van der Waals surface area (Å²) in [4.78, 5) is 4.80. The third kappa shape index (κ3) is 6.21. The summed E-state index contributed by atoms with van der Waals surface area (Å²) in [5.41, 5.74) is 11.5. The molecule has 0 amide bonds. The quantitative estimate of drug-likeness (QED) is 0.154. The fourth-order valence-electron chi connectivity index (χ4n) is 7.76. The summed E-state index contributed by atoms with van der Waals surface area (Å²) in [6.07, 6.45) is 0. The molecule has 0 aliphatic carbocycles. The highest BCUT2D eigenvalue weighted by Gasteiger charge is 2.23. The zero-order valence-electron chi connectivity index (χ0n) is 30.1. The van der Waals surface area contributed by atoms with E-state index in [1.165, 1.54) is 53.2 Å². The molecule has 260 valence electrons. The maximum Gasteiger partial charge on any atom is 0.0575 e. The van der Waals surface area contributed by atoms with Crippen molar-refractivity contribution in [2.75, 3.05) is 9.80 Å². The third-order valence-electron chi connectivity index (χ3n) is 10.4. The van der Waals surface area contributed by atoms with E-state index in [4.69, 9.17) is 0 Å². The SMILES string of the molecule is c1ccc(-c2ccc(-c3ccc(N(c4ccccc4)c4cc(N(c5ccccc5)c5ccccc5)cc5sc6cc7ccccc7cc6c45)cc3)cc2)cc1. The summed E-state index contributed by atoms with van der Waals surface area (Å²) in [5.74, 6) is 0. The molecule has 0 unspecified atom stereocenters. The van der Waals surface area contributed by atoms with Gasteiger partial charge in [-0.15, -0.1) is 11.3 Å². The van der Waals surface area contributed by atoms with E-state index in [2.05, 4.69) is 228 Å². The lowest BCUT2D eigenvalue weighted by molar-refractivity contribution is 1.26. The van der Waals surface area contributed by atoms with Gasteiger partial charge in [-0.05, 0) is 106 Å². The van der Waals surface area contributed by atoms with E-state index in [0.29, 0.717) is 0 Å². The fourth-order valence-corrected chi connectivity index (χ4v) is 8.95. The second-order valence-corrected chi connectivity index (χ2v) is 14.9. The van der Waals surface area contributed by atoms with E-state index in [0.717, 1.165) is 34.1 Å². The molecule has 1 aromatic heterocycles. The molecule has 0 spiro atoms.